The molecular weight excluding hydrogens is 482 g/mol. The molecule has 0 spiro atoms. The van der Waals surface area contributed by atoms with E-state index in [1.807, 2.05) is 26.0 Å². The molecule has 0 unspecified atom stereocenters. The first-order valence-electron chi connectivity index (χ1n) is 10.1. The number of ether oxygens (including phenoxy) is 2. The fourth-order valence-corrected chi connectivity index (χ4v) is 3.72. The van der Waals surface area contributed by atoms with Gasteiger partial charge in [-0.2, -0.15) is 9.78 Å². The van der Waals surface area contributed by atoms with Crippen LogP contribution in [0.4, 0.5) is 0 Å². The van der Waals surface area contributed by atoms with Crippen molar-refractivity contribution in [2.24, 2.45) is 5.10 Å². The van der Waals surface area contributed by atoms with Gasteiger partial charge in [-0.1, -0.05) is 40.9 Å². The molecule has 1 aromatic heterocycles. The van der Waals surface area contributed by atoms with Gasteiger partial charge in [-0.25, -0.2) is 4.98 Å². The first-order chi connectivity index (χ1) is 14.8. The molecule has 164 valence electrons. The zero-order valence-electron chi connectivity index (χ0n) is 18.0. The molecule has 0 amide bonds. The first-order valence-corrected chi connectivity index (χ1v) is 11.3. The van der Waals surface area contributed by atoms with Crippen LogP contribution in [-0.4, -0.2) is 29.1 Å². The smallest absolute Gasteiger partial charge is 0.282 e. The molecule has 1 heterocycles. The number of benzene rings is 2. The van der Waals surface area contributed by atoms with Gasteiger partial charge in [-0.3, -0.25) is 4.79 Å². The highest BCUT2D eigenvalue weighted by Gasteiger charge is 2.14. The molecule has 3 rings (SSSR count). The second-order valence-corrected chi connectivity index (χ2v) is 8.68. The zero-order valence-corrected chi connectivity index (χ0v) is 20.3. The molecule has 8 heteroatoms. The van der Waals surface area contributed by atoms with Crippen molar-refractivity contribution in [2.45, 2.75) is 46.1 Å². The lowest BCUT2D eigenvalue weighted by Gasteiger charge is -2.15. The number of aromatic nitrogens is 2. The van der Waals surface area contributed by atoms with Crippen LogP contribution in [0, 0.1) is 0 Å². The van der Waals surface area contributed by atoms with E-state index in [9.17, 15) is 4.79 Å². The van der Waals surface area contributed by atoms with Gasteiger partial charge in [0.25, 0.3) is 5.56 Å². The molecule has 2 aromatic carbocycles. The van der Waals surface area contributed by atoms with E-state index in [1.54, 1.807) is 31.5 Å². The molecule has 0 aliphatic heterocycles. The minimum Gasteiger partial charge on any atom is -0.493 e. The van der Waals surface area contributed by atoms with Crippen molar-refractivity contribution >= 4 is 44.6 Å². The Hall–Kier alpha value is -2.38. The first kappa shape index (κ1) is 23.3. The Morgan fingerprint density at radius 1 is 1.29 bits per heavy atom. The Balaban J connectivity index is 2.08. The van der Waals surface area contributed by atoms with Gasteiger partial charge in [0.05, 0.1) is 35.4 Å². The maximum atomic E-state index is 13.2. The zero-order chi connectivity index (χ0) is 22.5. The number of fused-ring (bicyclic) bond motifs is 1. The van der Waals surface area contributed by atoms with Gasteiger partial charge in [-0.05, 0) is 56.2 Å². The van der Waals surface area contributed by atoms with Gasteiger partial charge < -0.3 is 9.47 Å². The Morgan fingerprint density at radius 3 is 2.74 bits per heavy atom. The summed E-state index contributed by atoms with van der Waals surface area (Å²) in [6, 6.07) is 8.98. The molecular formula is C23H25BrClN3O3. The number of methoxy groups -OCH3 is 1. The van der Waals surface area contributed by atoms with Crippen LogP contribution >= 0.6 is 27.5 Å². The summed E-state index contributed by atoms with van der Waals surface area (Å²) in [5, 5.41) is 5.38. The summed E-state index contributed by atoms with van der Waals surface area (Å²) >= 11 is 9.83. The number of hydrogen-bond donors (Lipinski definition) is 0. The number of unbranched alkanes of at least 4 members (excludes halogenated alkanes) is 1. The SMILES string of the molecule is CCCCc1nc2ccc(Br)cc2c(=O)n1N=Cc1cc(Cl)c(OC(C)C)c(OC)c1. The van der Waals surface area contributed by atoms with Crippen LogP contribution < -0.4 is 15.0 Å². The van der Waals surface area contributed by atoms with E-state index in [0.29, 0.717) is 45.2 Å². The molecule has 3 aromatic rings. The lowest BCUT2D eigenvalue weighted by atomic mass is 10.2. The minimum atomic E-state index is -0.216. The number of nitrogens with zero attached hydrogens (tertiary/aromatic N) is 3. The van der Waals surface area contributed by atoms with Gasteiger partial charge in [0, 0.05) is 10.9 Å². The van der Waals surface area contributed by atoms with Gasteiger partial charge in [0.2, 0.25) is 0 Å². The molecule has 0 atom stereocenters. The fourth-order valence-electron chi connectivity index (χ4n) is 3.10. The Morgan fingerprint density at radius 2 is 2.06 bits per heavy atom. The number of aryl methyl sites for hydroxylation is 1. The lowest BCUT2D eigenvalue weighted by molar-refractivity contribution is 0.230. The Bertz CT molecular complexity index is 1170. The van der Waals surface area contributed by atoms with Crippen molar-refractivity contribution in [2.75, 3.05) is 7.11 Å². The van der Waals surface area contributed by atoms with Crippen molar-refractivity contribution in [1.82, 2.24) is 9.66 Å². The van der Waals surface area contributed by atoms with Crippen LogP contribution in [0.1, 0.15) is 45.0 Å². The summed E-state index contributed by atoms with van der Waals surface area (Å²) in [7, 11) is 1.55. The van der Waals surface area contributed by atoms with Crippen molar-refractivity contribution in [3.8, 4) is 11.5 Å². The summed E-state index contributed by atoms with van der Waals surface area (Å²) in [6.07, 6.45) is 4.08. The predicted molar refractivity (Wildman–Crippen MR) is 129 cm³/mol. The lowest BCUT2D eigenvalue weighted by Crippen LogP contribution is -2.22. The number of rotatable bonds is 8. The second-order valence-electron chi connectivity index (χ2n) is 7.36. The summed E-state index contributed by atoms with van der Waals surface area (Å²) < 4.78 is 13.4. The normalized spacial score (nSPS) is 11.6. The molecule has 0 N–H and O–H groups in total. The minimum absolute atomic E-state index is 0.0476. The third kappa shape index (κ3) is 5.46. The van der Waals surface area contributed by atoms with E-state index in [0.717, 1.165) is 17.3 Å². The highest BCUT2D eigenvalue weighted by atomic mass is 79.9. The van der Waals surface area contributed by atoms with Crippen molar-refractivity contribution in [1.29, 1.82) is 0 Å². The monoisotopic (exact) mass is 505 g/mol. The molecule has 0 saturated carbocycles. The summed E-state index contributed by atoms with van der Waals surface area (Å²) in [5.74, 6) is 1.60. The van der Waals surface area contributed by atoms with E-state index in [1.165, 1.54) is 4.68 Å². The third-order valence-corrected chi connectivity index (χ3v) is 5.33. The van der Waals surface area contributed by atoms with Crippen LogP contribution in [0.25, 0.3) is 10.9 Å². The summed E-state index contributed by atoms with van der Waals surface area (Å²) in [4.78, 5) is 17.9. The largest absolute Gasteiger partial charge is 0.493 e. The van der Waals surface area contributed by atoms with Crippen LogP contribution in [0.5, 0.6) is 11.5 Å². The van der Waals surface area contributed by atoms with Crippen molar-refractivity contribution in [3.05, 3.63) is 61.6 Å². The highest BCUT2D eigenvalue weighted by Crippen LogP contribution is 2.36. The maximum absolute atomic E-state index is 13.2. The summed E-state index contributed by atoms with van der Waals surface area (Å²) in [5.41, 5.74) is 1.12. The quantitative estimate of drug-likeness (QED) is 0.360. The maximum Gasteiger partial charge on any atom is 0.282 e. The average molecular weight is 507 g/mol. The van der Waals surface area contributed by atoms with E-state index in [4.69, 9.17) is 21.1 Å². The van der Waals surface area contributed by atoms with Crippen LogP contribution in [-0.2, 0) is 6.42 Å². The van der Waals surface area contributed by atoms with Gasteiger partial charge in [0.1, 0.15) is 5.82 Å². The van der Waals surface area contributed by atoms with Gasteiger partial charge >= 0.3 is 0 Å². The molecule has 31 heavy (non-hydrogen) atoms. The van der Waals surface area contributed by atoms with Gasteiger partial charge in [0.15, 0.2) is 11.5 Å². The predicted octanol–water partition coefficient (Wildman–Crippen LogP) is 5.83. The van der Waals surface area contributed by atoms with Gasteiger partial charge in [-0.15, -0.1) is 0 Å². The van der Waals surface area contributed by atoms with Crippen LogP contribution in [0.15, 0.2) is 44.7 Å². The van der Waals surface area contributed by atoms with Crippen LogP contribution in [0.3, 0.4) is 0 Å². The Labute approximate surface area is 195 Å². The molecule has 6 nitrogen and oxygen atoms in total. The van der Waals surface area contributed by atoms with E-state index < -0.39 is 0 Å². The Kier molecular flexibility index (Phi) is 7.73. The number of hydrogen-bond acceptors (Lipinski definition) is 5. The topological polar surface area (TPSA) is 65.7 Å². The van der Waals surface area contributed by atoms with Crippen molar-refractivity contribution < 1.29 is 9.47 Å². The molecule has 0 fully saturated rings. The second kappa shape index (κ2) is 10.3. The van der Waals surface area contributed by atoms with E-state index in [2.05, 4.69) is 32.9 Å². The average Bonchev–Trinajstić information content (AvgIpc) is 2.73. The summed E-state index contributed by atoms with van der Waals surface area (Å²) in [6.45, 7) is 5.93. The number of halogens is 2. The molecule has 0 aliphatic carbocycles. The standard InChI is InChI=1S/C23H25BrClN3O3/c1-5-6-7-21-27-19-9-8-16(24)12-17(19)23(29)28(21)26-13-15-10-18(25)22(31-14(2)3)20(11-15)30-4/h8-14H,5-7H2,1-4H3. The molecule has 0 bridgehead atoms. The van der Waals surface area contributed by atoms with Crippen molar-refractivity contribution in [3.63, 3.8) is 0 Å². The fraction of sp³-hybridized carbons (Fsp3) is 0.348. The molecule has 0 radical (unpaired) electrons. The van der Waals surface area contributed by atoms with E-state index >= 15 is 0 Å². The third-order valence-electron chi connectivity index (χ3n) is 4.56. The van der Waals surface area contributed by atoms with Crippen LogP contribution in [0.2, 0.25) is 5.02 Å². The molecule has 0 aliphatic rings. The molecule has 0 saturated heterocycles. The highest BCUT2D eigenvalue weighted by molar-refractivity contribution is 9.10. The van der Waals surface area contributed by atoms with E-state index in [-0.39, 0.29) is 11.7 Å².